The van der Waals surface area contributed by atoms with Gasteiger partial charge in [-0.2, -0.15) is 0 Å². The number of carboxylic acid groups (broad SMARTS) is 1. The molecule has 4 atom stereocenters. The highest BCUT2D eigenvalue weighted by Crippen LogP contribution is 2.52. The molecular weight excluding hydrogens is 272 g/mol. The summed E-state index contributed by atoms with van der Waals surface area (Å²) in [5.74, 6) is -2.49. The van der Waals surface area contributed by atoms with Gasteiger partial charge < -0.3 is 14.7 Å². The predicted molar refractivity (Wildman–Crippen MR) is 71.0 cm³/mol. The van der Waals surface area contributed by atoms with Crippen LogP contribution in [0.3, 0.4) is 0 Å². The van der Waals surface area contributed by atoms with E-state index in [-0.39, 0.29) is 5.91 Å². The summed E-state index contributed by atoms with van der Waals surface area (Å²) < 4.78 is 5.83. The maximum atomic E-state index is 12.6. The third-order valence-corrected chi connectivity index (χ3v) is 4.56. The van der Waals surface area contributed by atoms with Gasteiger partial charge in [-0.3, -0.25) is 14.6 Å². The molecule has 0 saturated carbocycles. The van der Waals surface area contributed by atoms with Gasteiger partial charge in [-0.15, -0.1) is 0 Å². The number of aromatic nitrogens is 1. The molecule has 4 rings (SSSR count). The molecule has 108 valence electrons. The Balaban J connectivity index is 1.63. The van der Waals surface area contributed by atoms with Gasteiger partial charge in [0.25, 0.3) is 0 Å². The highest BCUT2D eigenvalue weighted by Gasteiger charge is 2.66. The number of amides is 1. The van der Waals surface area contributed by atoms with Gasteiger partial charge in [-0.1, -0.05) is 18.2 Å². The van der Waals surface area contributed by atoms with Crippen LogP contribution in [0.1, 0.15) is 5.56 Å². The number of carboxylic acids is 1. The molecule has 4 heterocycles. The Morgan fingerprint density at radius 1 is 1.57 bits per heavy atom. The lowest BCUT2D eigenvalue weighted by Gasteiger charge is -2.21. The van der Waals surface area contributed by atoms with E-state index in [4.69, 9.17) is 4.74 Å². The highest BCUT2D eigenvalue weighted by atomic mass is 16.5. The van der Waals surface area contributed by atoms with Gasteiger partial charge >= 0.3 is 5.97 Å². The van der Waals surface area contributed by atoms with E-state index in [1.54, 1.807) is 23.4 Å². The summed E-state index contributed by atoms with van der Waals surface area (Å²) in [6.07, 6.45) is 6.55. The zero-order valence-corrected chi connectivity index (χ0v) is 11.2. The second-order valence-corrected chi connectivity index (χ2v) is 5.79. The number of carbonyl (C=O) groups is 2. The molecule has 2 bridgehead atoms. The first kappa shape index (κ1) is 12.5. The first-order chi connectivity index (χ1) is 10.1. The van der Waals surface area contributed by atoms with Crippen LogP contribution < -0.4 is 0 Å². The fourth-order valence-electron chi connectivity index (χ4n) is 3.71. The van der Waals surface area contributed by atoms with Crippen LogP contribution in [0.4, 0.5) is 0 Å². The van der Waals surface area contributed by atoms with E-state index in [9.17, 15) is 14.7 Å². The summed E-state index contributed by atoms with van der Waals surface area (Å²) >= 11 is 0. The topological polar surface area (TPSA) is 79.7 Å². The Morgan fingerprint density at radius 3 is 3.14 bits per heavy atom. The quantitative estimate of drug-likeness (QED) is 0.816. The van der Waals surface area contributed by atoms with Gasteiger partial charge in [-0.05, 0) is 11.6 Å². The number of pyridine rings is 1. The summed E-state index contributed by atoms with van der Waals surface area (Å²) in [6.45, 7) is 0.835. The average molecular weight is 286 g/mol. The molecule has 1 aromatic rings. The van der Waals surface area contributed by atoms with Gasteiger partial charge in [-0.25, -0.2) is 0 Å². The van der Waals surface area contributed by atoms with Crippen LogP contribution in [0.5, 0.6) is 0 Å². The molecule has 0 aromatic carbocycles. The summed E-state index contributed by atoms with van der Waals surface area (Å²) in [6, 6.07) is 3.71. The van der Waals surface area contributed by atoms with Crippen molar-refractivity contribution in [1.29, 1.82) is 0 Å². The lowest BCUT2D eigenvalue weighted by atomic mass is 9.77. The number of carbonyl (C=O) groups excluding carboxylic acids is 1. The van der Waals surface area contributed by atoms with Crippen LogP contribution in [0, 0.1) is 11.8 Å². The van der Waals surface area contributed by atoms with Crippen LogP contribution in [0.15, 0.2) is 36.7 Å². The Labute approximate surface area is 121 Å². The lowest BCUT2D eigenvalue weighted by Crippen LogP contribution is -2.39. The third-order valence-electron chi connectivity index (χ3n) is 4.56. The minimum Gasteiger partial charge on any atom is -0.481 e. The molecule has 1 N–H and O–H groups in total. The van der Waals surface area contributed by atoms with Gasteiger partial charge in [0.15, 0.2) is 0 Å². The van der Waals surface area contributed by atoms with Crippen LogP contribution in [-0.2, 0) is 20.9 Å². The number of nitrogens with zero attached hydrogens (tertiary/aromatic N) is 2. The molecule has 0 aliphatic carbocycles. The van der Waals surface area contributed by atoms with Gasteiger partial charge in [0.2, 0.25) is 5.91 Å². The molecule has 3 aliphatic rings. The average Bonchev–Trinajstić information content (AvgIpc) is 3.09. The van der Waals surface area contributed by atoms with Crippen LogP contribution >= 0.6 is 0 Å². The van der Waals surface area contributed by atoms with Crippen LogP contribution in [0.2, 0.25) is 0 Å². The van der Waals surface area contributed by atoms with E-state index in [2.05, 4.69) is 4.98 Å². The summed E-state index contributed by atoms with van der Waals surface area (Å²) in [5.41, 5.74) is 0.167. The van der Waals surface area contributed by atoms with Crippen LogP contribution in [-0.4, -0.2) is 45.1 Å². The molecule has 1 spiro atoms. The molecule has 6 heteroatoms. The van der Waals surface area contributed by atoms with Crippen molar-refractivity contribution in [2.45, 2.75) is 18.2 Å². The first-order valence-corrected chi connectivity index (χ1v) is 6.88. The Hall–Kier alpha value is -2.21. The summed E-state index contributed by atoms with van der Waals surface area (Å²) in [7, 11) is 0. The third kappa shape index (κ3) is 1.65. The summed E-state index contributed by atoms with van der Waals surface area (Å²) in [4.78, 5) is 29.8. The minimum absolute atomic E-state index is 0.141. The van der Waals surface area contributed by atoms with Gasteiger partial charge in [0.05, 0.1) is 18.6 Å². The van der Waals surface area contributed by atoms with E-state index < -0.39 is 29.5 Å². The molecule has 21 heavy (non-hydrogen) atoms. The first-order valence-electron chi connectivity index (χ1n) is 6.88. The highest BCUT2D eigenvalue weighted by molar-refractivity contribution is 5.90. The normalized spacial score (nSPS) is 36.3. The standard InChI is InChI=1S/C15H14N2O4/c18-13-12-11(14(19)20)10-3-4-15(12,21-10)8-17(13)7-9-2-1-5-16-6-9/h1-6,10-12H,7-8H2,(H,19,20)/t10-,11?,12-,15?/m1/s1. The predicted octanol–water partition coefficient (Wildman–Crippen LogP) is 0.448. The number of fused-ring (bicyclic) bond motifs is 1. The van der Waals surface area contributed by atoms with Crippen molar-refractivity contribution < 1.29 is 19.4 Å². The molecule has 6 nitrogen and oxygen atoms in total. The minimum atomic E-state index is -0.965. The molecule has 2 saturated heterocycles. The second-order valence-electron chi connectivity index (χ2n) is 5.79. The van der Waals surface area contributed by atoms with Crippen molar-refractivity contribution in [3.05, 3.63) is 42.2 Å². The van der Waals surface area contributed by atoms with Crippen molar-refractivity contribution >= 4 is 11.9 Å². The maximum Gasteiger partial charge on any atom is 0.310 e. The van der Waals surface area contributed by atoms with Crippen molar-refractivity contribution in [3.8, 4) is 0 Å². The molecule has 3 aliphatic heterocycles. The smallest absolute Gasteiger partial charge is 0.310 e. The van der Waals surface area contributed by atoms with E-state index in [1.807, 2.05) is 18.2 Å². The fourth-order valence-corrected chi connectivity index (χ4v) is 3.71. The molecule has 1 aromatic heterocycles. The van der Waals surface area contributed by atoms with E-state index >= 15 is 0 Å². The fraction of sp³-hybridized carbons (Fsp3) is 0.400. The SMILES string of the molecule is O=C(O)C1[C@H]2C=CC3(CN(Cc4cccnc4)C(=O)[C@@H]13)O2. The van der Waals surface area contributed by atoms with Crippen molar-refractivity contribution in [1.82, 2.24) is 9.88 Å². The maximum absolute atomic E-state index is 12.6. The van der Waals surface area contributed by atoms with E-state index in [0.717, 1.165) is 5.56 Å². The van der Waals surface area contributed by atoms with Crippen molar-refractivity contribution in [3.63, 3.8) is 0 Å². The zero-order chi connectivity index (χ0) is 14.6. The number of ether oxygens (including phenoxy) is 1. The number of aliphatic carboxylic acids is 1. The monoisotopic (exact) mass is 286 g/mol. The Kier molecular flexibility index (Phi) is 2.47. The van der Waals surface area contributed by atoms with E-state index in [1.165, 1.54) is 0 Å². The van der Waals surface area contributed by atoms with Gasteiger partial charge in [0.1, 0.15) is 11.5 Å². The van der Waals surface area contributed by atoms with Gasteiger partial charge in [0, 0.05) is 18.9 Å². The molecule has 0 radical (unpaired) electrons. The van der Waals surface area contributed by atoms with Crippen LogP contribution in [0.25, 0.3) is 0 Å². The number of hydrogen-bond acceptors (Lipinski definition) is 4. The zero-order valence-electron chi connectivity index (χ0n) is 11.2. The molecule has 1 amide bonds. The molecule has 2 unspecified atom stereocenters. The number of rotatable bonds is 3. The lowest BCUT2D eigenvalue weighted by molar-refractivity contribution is -0.148. The molecular formula is C15H14N2O4. The Bertz CT molecular complexity index is 644. The number of likely N-dealkylation sites (tertiary alicyclic amines) is 1. The largest absolute Gasteiger partial charge is 0.481 e. The van der Waals surface area contributed by atoms with E-state index in [0.29, 0.717) is 13.1 Å². The number of hydrogen-bond donors (Lipinski definition) is 1. The van der Waals surface area contributed by atoms with Crippen molar-refractivity contribution in [2.24, 2.45) is 11.8 Å². The summed E-state index contributed by atoms with van der Waals surface area (Å²) in [5, 5.41) is 9.38. The van der Waals surface area contributed by atoms with Crippen molar-refractivity contribution in [2.75, 3.05) is 6.54 Å². The second kappa shape index (κ2) is 4.14. The molecule has 2 fully saturated rings. The Morgan fingerprint density at radius 2 is 2.43 bits per heavy atom.